The number of aliphatic hydroxyl groups is 1. The molecular formula is C24H28F4N4O4. The molecule has 2 heterocycles. The predicted octanol–water partition coefficient (Wildman–Crippen LogP) is 4.77. The summed E-state index contributed by atoms with van der Waals surface area (Å²) in [5.41, 5.74) is -3.35. The second-order valence-corrected chi connectivity index (χ2v) is 10.2. The van der Waals surface area contributed by atoms with E-state index in [9.17, 15) is 27.5 Å². The first-order valence-electron chi connectivity index (χ1n) is 11.6. The topological polar surface area (TPSA) is 88.0 Å². The van der Waals surface area contributed by atoms with Crippen LogP contribution in [-0.4, -0.2) is 62.9 Å². The Labute approximate surface area is 205 Å². The first-order valence-corrected chi connectivity index (χ1v) is 11.6. The van der Waals surface area contributed by atoms with Crippen molar-refractivity contribution in [2.45, 2.75) is 63.5 Å². The minimum Gasteiger partial charge on any atom is -0.444 e. The molecule has 2 fully saturated rings. The van der Waals surface area contributed by atoms with Gasteiger partial charge in [0.1, 0.15) is 22.8 Å². The van der Waals surface area contributed by atoms with Gasteiger partial charge in [0.25, 0.3) is 0 Å². The van der Waals surface area contributed by atoms with Crippen molar-refractivity contribution < 1.29 is 36.9 Å². The van der Waals surface area contributed by atoms with Gasteiger partial charge in [-0.3, -0.25) is 0 Å². The van der Waals surface area contributed by atoms with Gasteiger partial charge in [-0.25, -0.2) is 14.2 Å². The molecule has 1 amide bonds. The van der Waals surface area contributed by atoms with Crippen molar-refractivity contribution in [2.24, 2.45) is 0 Å². The summed E-state index contributed by atoms with van der Waals surface area (Å²) in [6.45, 7) is 5.27. The van der Waals surface area contributed by atoms with Gasteiger partial charge >= 0.3 is 12.3 Å². The zero-order valence-electron chi connectivity index (χ0n) is 20.2. The van der Waals surface area contributed by atoms with E-state index in [-0.39, 0.29) is 43.8 Å². The molecule has 1 aromatic heterocycles. The highest BCUT2D eigenvalue weighted by Gasteiger charge is 2.45. The van der Waals surface area contributed by atoms with E-state index in [4.69, 9.17) is 9.47 Å². The molecule has 1 aliphatic heterocycles. The van der Waals surface area contributed by atoms with Crippen LogP contribution in [0, 0.1) is 5.82 Å². The number of carbonyl (C=O) groups is 1. The van der Waals surface area contributed by atoms with E-state index in [1.165, 1.54) is 28.0 Å². The standard InChI is InChI=1S/C24H28F4N4O4/c1-22(2,3)36-21(33)32(16-7-8-16)14-23(34)9-10-31(13-23)20-29-18(24(26,27)28)12-19(30-20)35-17-6-4-5-15(25)11-17/h4-6,11-12,16,34H,7-10,13-14H2,1-3H3. The molecule has 2 aromatic rings. The fraction of sp³-hybridized carbons (Fsp3) is 0.542. The molecular weight excluding hydrogens is 484 g/mol. The maximum absolute atomic E-state index is 13.5. The van der Waals surface area contributed by atoms with E-state index in [1.807, 2.05) is 0 Å². The molecule has 1 aliphatic carbocycles. The third kappa shape index (κ3) is 6.54. The van der Waals surface area contributed by atoms with Gasteiger partial charge < -0.3 is 24.4 Å². The Balaban J connectivity index is 1.54. The maximum atomic E-state index is 13.5. The second kappa shape index (κ2) is 9.38. The lowest BCUT2D eigenvalue weighted by Gasteiger charge is -2.33. The quantitative estimate of drug-likeness (QED) is 0.558. The molecule has 1 saturated heterocycles. The van der Waals surface area contributed by atoms with Crippen LogP contribution in [0.1, 0.15) is 45.7 Å². The van der Waals surface area contributed by atoms with Crippen LogP contribution in [0.15, 0.2) is 30.3 Å². The average Bonchev–Trinajstić information content (AvgIpc) is 3.51. The van der Waals surface area contributed by atoms with Gasteiger partial charge in [-0.2, -0.15) is 18.2 Å². The molecule has 196 valence electrons. The third-order valence-electron chi connectivity index (χ3n) is 5.70. The van der Waals surface area contributed by atoms with Crippen LogP contribution < -0.4 is 9.64 Å². The number of benzene rings is 1. The highest BCUT2D eigenvalue weighted by atomic mass is 19.4. The zero-order chi connectivity index (χ0) is 26.3. The first-order chi connectivity index (χ1) is 16.7. The zero-order valence-corrected chi connectivity index (χ0v) is 20.2. The Kier molecular flexibility index (Phi) is 6.76. The summed E-state index contributed by atoms with van der Waals surface area (Å²) in [4.78, 5) is 23.3. The molecule has 0 bridgehead atoms. The Morgan fingerprint density at radius 1 is 1.22 bits per heavy atom. The van der Waals surface area contributed by atoms with Crippen molar-refractivity contribution in [1.29, 1.82) is 0 Å². The minimum atomic E-state index is -4.78. The van der Waals surface area contributed by atoms with E-state index in [1.54, 1.807) is 20.8 Å². The van der Waals surface area contributed by atoms with E-state index in [0.29, 0.717) is 6.07 Å². The van der Waals surface area contributed by atoms with Gasteiger partial charge in [-0.15, -0.1) is 0 Å². The molecule has 1 atom stereocenters. The van der Waals surface area contributed by atoms with Gasteiger partial charge in [-0.1, -0.05) is 6.07 Å². The Bertz CT molecular complexity index is 1120. The molecule has 0 radical (unpaired) electrons. The largest absolute Gasteiger partial charge is 0.444 e. The highest BCUT2D eigenvalue weighted by molar-refractivity contribution is 5.69. The van der Waals surface area contributed by atoms with Crippen molar-refractivity contribution in [1.82, 2.24) is 14.9 Å². The SMILES string of the molecule is CC(C)(C)OC(=O)N(CC1(O)CCN(c2nc(Oc3cccc(F)c3)cc(C(F)(F)F)n2)C1)C1CC1. The minimum absolute atomic E-state index is 0.0249. The van der Waals surface area contributed by atoms with E-state index >= 15 is 0 Å². The average molecular weight is 513 g/mol. The van der Waals surface area contributed by atoms with Crippen LogP contribution >= 0.6 is 0 Å². The lowest BCUT2D eigenvalue weighted by Crippen LogP contribution is -2.49. The van der Waals surface area contributed by atoms with Gasteiger partial charge in [-0.05, 0) is 52.2 Å². The summed E-state index contributed by atoms with van der Waals surface area (Å²) in [7, 11) is 0. The van der Waals surface area contributed by atoms with Gasteiger partial charge in [0, 0.05) is 24.7 Å². The van der Waals surface area contributed by atoms with E-state index in [0.717, 1.165) is 18.9 Å². The third-order valence-corrected chi connectivity index (χ3v) is 5.70. The van der Waals surface area contributed by atoms with E-state index < -0.39 is 40.9 Å². The number of carbonyl (C=O) groups excluding carboxylic acids is 1. The number of nitrogens with zero attached hydrogens (tertiary/aromatic N) is 4. The number of halogens is 4. The molecule has 0 spiro atoms. The number of aromatic nitrogens is 2. The maximum Gasteiger partial charge on any atom is 0.433 e. The molecule has 4 rings (SSSR count). The second-order valence-electron chi connectivity index (χ2n) is 10.2. The molecule has 1 saturated carbocycles. The molecule has 1 N–H and O–H groups in total. The number of rotatable bonds is 6. The molecule has 1 unspecified atom stereocenters. The number of alkyl halides is 3. The van der Waals surface area contributed by atoms with Gasteiger partial charge in [0.05, 0.1) is 13.1 Å². The normalized spacial score (nSPS) is 20.4. The van der Waals surface area contributed by atoms with Crippen LogP contribution in [0.4, 0.5) is 28.3 Å². The monoisotopic (exact) mass is 512 g/mol. The van der Waals surface area contributed by atoms with Gasteiger partial charge in [0.15, 0.2) is 5.69 Å². The van der Waals surface area contributed by atoms with E-state index in [2.05, 4.69) is 9.97 Å². The van der Waals surface area contributed by atoms with Crippen molar-refractivity contribution in [3.63, 3.8) is 0 Å². The Hall–Kier alpha value is -3.15. The van der Waals surface area contributed by atoms with Crippen molar-refractivity contribution in [2.75, 3.05) is 24.5 Å². The van der Waals surface area contributed by atoms with Crippen molar-refractivity contribution in [3.8, 4) is 11.6 Å². The number of hydrogen-bond donors (Lipinski definition) is 1. The Morgan fingerprint density at radius 2 is 1.94 bits per heavy atom. The summed E-state index contributed by atoms with van der Waals surface area (Å²) < 4.78 is 65.0. The number of β-amino-alcohol motifs (C(OH)–C–C–N with tert-alkyl or cyclic N) is 1. The fourth-order valence-electron chi connectivity index (χ4n) is 3.93. The summed E-state index contributed by atoms with van der Waals surface area (Å²) in [5, 5.41) is 11.2. The van der Waals surface area contributed by atoms with Crippen molar-refractivity contribution in [3.05, 3.63) is 41.8 Å². The van der Waals surface area contributed by atoms with Crippen LogP contribution in [0.3, 0.4) is 0 Å². The summed E-state index contributed by atoms with van der Waals surface area (Å²) in [6.07, 6.45) is -3.57. The van der Waals surface area contributed by atoms with Crippen LogP contribution in [0.5, 0.6) is 11.6 Å². The highest BCUT2D eigenvalue weighted by Crippen LogP contribution is 2.36. The number of ether oxygens (including phenoxy) is 2. The summed E-state index contributed by atoms with van der Waals surface area (Å²) in [5.74, 6) is -1.35. The van der Waals surface area contributed by atoms with Crippen LogP contribution in [0.25, 0.3) is 0 Å². The van der Waals surface area contributed by atoms with Crippen LogP contribution in [-0.2, 0) is 10.9 Å². The Morgan fingerprint density at radius 3 is 2.56 bits per heavy atom. The number of amides is 1. The van der Waals surface area contributed by atoms with Gasteiger partial charge in [0.2, 0.25) is 11.8 Å². The first kappa shape index (κ1) is 25.9. The van der Waals surface area contributed by atoms with Crippen LogP contribution in [0.2, 0.25) is 0 Å². The fourth-order valence-corrected chi connectivity index (χ4v) is 3.93. The molecule has 12 heteroatoms. The molecule has 8 nitrogen and oxygen atoms in total. The number of hydrogen-bond acceptors (Lipinski definition) is 7. The molecule has 2 aliphatic rings. The summed E-state index contributed by atoms with van der Waals surface area (Å²) >= 11 is 0. The molecule has 1 aromatic carbocycles. The van der Waals surface area contributed by atoms with Crippen molar-refractivity contribution >= 4 is 12.0 Å². The summed E-state index contributed by atoms with van der Waals surface area (Å²) in [6, 6.07) is 5.52. The number of anilines is 1. The smallest absolute Gasteiger partial charge is 0.433 e. The molecule has 36 heavy (non-hydrogen) atoms. The predicted molar refractivity (Wildman–Crippen MR) is 121 cm³/mol. The lowest BCUT2D eigenvalue weighted by atomic mass is 10.0. The lowest BCUT2D eigenvalue weighted by molar-refractivity contribution is -0.141.